The second-order valence-electron chi connectivity index (χ2n) is 3.22. The predicted octanol–water partition coefficient (Wildman–Crippen LogP) is 0.349. The van der Waals surface area contributed by atoms with Gasteiger partial charge in [-0.2, -0.15) is 0 Å². The number of rotatable bonds is 2. The van der Waals surface area contributed by atoms with Gasteiger partial charge < -0.3 is 9.47 Å². The first-order valence-electron chi connectivity index (χ1n) is 4.77. The largest absolute Gasteiger partial charge is 0.493 e. The van der Waals surface area contributed by atoms with Crippen LogP contribution in [0.4, 0.5) is 0 Å². The van der Waals surface area contributed by atoms with Crippen molar-refractivity contribution in [2.75, 3.05) is 20.8 Å². The Morgan fingerprint density at radius 3 is 2.40 bits per heavy atom. The maximum absolute atomic E-state index is 5.24. The van der Waals surface area contributed by atoms with Crippen molar-refractivity contribution in [2.24, 2.45) is 4.99 Å². The molecule has 0 aromatic heterocycles. The lowest BCUT2D eigenvalue weighted by Gasteiger charge is -2.06. The quantitative estimate of drug-likeness (QED) is 0.694. The Bertz CT molecular complexity index is 503. The first kappa shape index (κ1) is 9.77. The van der Waals surface area contributed by atoms with Gasteiger partial charge in [0.1, 0.15) is 0 Å². The third-order valence-electron chi connectivity index (χ3n) is 2.37. The van der Waals surface area contributed by atoms with Gasteiger partial charge in [0.2, 0.25) is 0 Å². The molecular weight excluding hydrogens is 190 g/mol. The van der Waals surface area contributed by atoms with E-state index in [0.29, 0.717) is 6.54 Å². The molecule has 2 rings (SSSR count). The van der Waals surface area contributed by atoms with Gasteiger partial charge in [0.05, 0.1) is 20.8 Å². The maximum Gasteiger partial charge on any atom is 0.161 e. The van der Waals surface area contributed by atoms with E-state index in [9.17, 15) is 0 Å². The molecule has 0 saturated heterocycles. The van der Waals surface area contributed by atoms with Crippen LogP contribution >= 0.6 is 0 Å². The van der Waals surface area contributed by atoms with E-state index in [1.54, 1.807) is 14.2 Å². The zero-order chi connectivity index (χ0) is 10.7. The summed E-state index contributed by atoms with van der Waals surface area (Å²) in [5.41, 5.74) is 0. The molecule has 1 heterocycles. The molecular formula is C12H13NO2. The lowest BCUT2D eigenvalue weighted by molar-refractivity contribution is 0.354. The highest BCUT2D eigenvalue weighted by Crippen LogP contribution is 2.21. The van der Waals surface area contributed by atoms with Crippen LogP contribution in [0.3, 0.4) is 0 Å². The van der Waals surface area contributed by atoms with Gasteiger partial charge in [0.15, 0.2) is 11.5 Å². The fraction of sp³-hybridized carbons (Fsp3) is 0.250. The van der Waals surface area contributed by atoms with Crippen molar-refractivity contribution in [1.82, 2.24) is 0 Å². The van der Waals surface area contributed by atoms with Crippen molar-refractivity contribution in [3.63, 3.8) is 0 Å². The minimum atomic E-state index is 0.707. The van der Waals surface area contributed by atoms with E-state index < -0.39 is 0 Å². The van der Waals surface area contributed by atoms with Crippen LogP contribution in [0.1, 0.15) is 0 Å². The van der Waals surface area contributed by atoms with E-state index in [1.165, 1.54) is 0 Å². The summed E-state index contributed by atoms with van der Waals surface area (Å²) in [5, 5.41) is 2.24. The van der Waals surface area contributed by atoms with Gasteiger partial charge in [-0.1, -0.05) is 6.08 Å². The van der Waals surface area contributed by atoms with Gasteiger partial charge >= 0.3 is 0 Å². The van der Waals surface area contributed by atoms with E-state index in [2.05, 4.69) is 11.1 Å². The minimum absolute atomic E-state index is 0.707. The Morgan fingerprint density at radius 1 is 1.07 bits per heavy atom. The summed E-state index contributed by atoms with van der Waals surface area (Å²) in [5.74, 6) is 1.50. The first-order chi connectivity index (χ1) is 7.35. The van der Waals surface area contributed by atoms with Gasteiger partial charge in [-0.15, -0.1) is 0 Å². The summed E-state index contributed by atoms with van der Waals surface area (Å²) in [6.45, 7) is 0.707. The summed E-state index contributed by atoms with van der Waals surface area (Å²) in [6.07, 6.45) is 5.85. The van der Waals surface area contributed by atoms with Crippen molar-refractivity contribution < 1.29 is 9.47 Å². The van der Waals surface area contributed by atoms with E-state index >= 15 is 0 Å². The number of ether oxygens (including phenoxy) is 2. The highest BCUT2D eigenvalue weighted by atomic mass is 16.5. The standard InChI is InChI=1S/C12H13NO2/c1-14-11-7-9-3-5-13-6-4-10(9)8-12(11)15-2/h3-5,7-8H,6H2,1-2H3. The van der Waals surface area contributed by atoms with E-state index in [0.717, 1.165) is 21.9 Å². The molecule has 1 aliphatic rings. The zero-order valence-electron chi connectivity index (χ0n) is 8.86. The molecule has 0 atom stereocenters. The fourth-order valence-electron chi connectivity index (χ4n) is 1.58. The summed E-state index contributed by atoms with van der Waals surface area (Å²) in [7, 11) is 3.28. The summed E-state index contributed by atoms with van der Waals surface area (Å²) < 4.78 is 10.5. The zero-order valence-corrected chi connectivity index (χ0v) is 8.86. The second kappa shape index (κ2) is 4.17. The molecule has 0 radical (unpaired) electrons. The molecule has 0 amide bonds. The Labute approximate surface area is 88.4 Å². The molecule has 0 saturated carbocycles. The maximum atomic E-state index is 5.24. The van der Waals surface area contributed by atoms with Crippen molar-refractivity contribution in [3.05, 3.63) is 22.6 Å². The van der Waals surface area contributed by atoms with Crippen molar-refractivity contribution in [3.8, 4) is 11.5 Å². The summed E-state index contributed by atoms with van der Waals surface area (Å²) >= 11 is 0. The monoisotopic (exact) mass is 203 g/mol. The Hall–Kier alpha value is -1.77. The van der Waals surface area contributed by atoms with Gasteiger partial charge in [-0.25, -0.2) is 0 Å². The van der Waals surface area contributed by atoms with Crippen LogP contribution in [0.2, 0.25) is 0 Å². The van der Waals surface area contributed by atoms with E-state index in [4.69, 9.17) is 9.47 Å². The van der Waals surface area contributed by atoms with Gasteiger partial charge in [0, 0.05) is 6.21 Å². The van der Waals surface area contributed by atoms with Crippen LogP contribution in [-0.2, 0) is 0 Å². The van der Waals surface area contributed by atoms with E-state index in [-0.39, 0.29) is 0 Å². The van der Waals surface area contributed by atoms with E-state index in [1.807, 2.05) is 24.4 Å². The van der Waals surface area contributed by atoms with Crippen LogP contribution in [0.5, 0.6) is 11.5 Å². The molecule has 1 aromatic carbocycles. The predicted molar refractivity (Wildman–Crippen MR) is 61.1 cm³/mol. The van der Waals surface area contributed by atoms with Crippen molar-refractivity contribution in [1.29, 1.82) is 0 Å². The molecule has 0 aliphatic carbocycles. The molecule has 0 N–H and O–H groups in total. The molecule has 1 aliphatic heterocycles. The number of hydrogen-bond acceptors (Lipinski definition) is 3. The molecule has 0 bridgehead atoms. The van der Waals surface area contributed by atoms with Crippen molar-refractivity contribution >= 4 is 18.4 Å². The minimum Gasteiger partial charge on any atom is -0.493 e. The lowest BCUT2D eigenvalue weighted by atomic mass is 10.2. The Balaban J connectivity index is 2.70. The summed E-state index contributed by atoms with van der Waals surface area (Å²) in [4.78, 5) is 4.18. The number of methoxy groups -OCH3 is 2. The first-order valence-corrected chi connectivity index (χ1v) is 4.77. The van der Waals surface area contributed by atoms with Gasteiger partial charge in [0.25, 0.3) is 0 Å². The number of aliphatic imine (C=N–C) groups is 1. The molecule has 0 fully saturated rings. The average molecular weight is 203 g/mol. The molecule has 15 heavy (non-hydrogen) atoms. The average Bonchev–Trinajstić information content (AvgIpc) is 2.51. The smallest absolute Gasteiger partial charge is 0.161 e. The number of benzene rings is 1. The fourth-order valence-corrected chi connectivity index (χ4v) is 1.58. The second-order valence-corrected chi connectivity index (χ2v) is 3.22. The SMILES string of the molecule is COc1cc2c(cc1OC)=CCN=CC=2. The molecule has 3 nitrogen and oxygen atoms in total. The number of fused-ring (bicyclic) bond motifs is 1. The third kappa shape index (κ3) is 1.86. The molecule has 0 spiro atoms. The topological polar surface area (TPSA) is 30.8 Å². The van der Waals surface area contributed by atoms with Crippen LogP contribution < -0.4 is 19.9 Å². The highest BCUT2D eigenvalue weighted by molar-refractivity contribution is 5.91. The molecule has 78 valence electrons. The summed E-state index contributed by atoms with van der Waals surface area (Å²) in [6, 6.07) is 3.93. The normalized spacial score (nSPS) is 13.2. The number of hydrogen-bond donors (Lipinski definition) is 0. The van der Waals surface area contributed by atoms with Gasteiger partial charge in [-0.05, 0) is 28.6 Å². The third-order valence-corrected chi connectivity index (χ3v) is 2.37. The van der Waals surface area contributed by atoms with Crippen LogP contribution in [0, 0.1) is 0 Å². The lowest BCUT2D eigenvalue weighted by Crippen LogP contribution is -2.24. The van der Waals surface area contributed by atoms with Crippen LogP contribution in [0.25, 0.3) is 12.2 Å². The van der Waals surface area contributed by atoms with Crippen molar-refractivity contribution in [2.45, 2.75) is 0 Å². The highest BCUT2D eigenvalue weighted by Gasteiger charge is 2.03. The number of nitrogens with zero attached hydrogens (tertiary/aromatic N) is 1. The molecule has 1 aromatic rings. The molecule has 0 unspecified atom stereocenters. The van der Waals surface area contributed by atoms with Crippen LogP contribution in [-0.4, -0.2) is 27.0 Å². The Morgan fingerprint density at radius 2 is 1.73 bits per heavy atom. The molecule has 3 heteroatoms. The van der Waals surface area contributed by atoms with Crippen LogP contribution in [0.15, 0.2) is 17.1 Å². The Kier molecular flexibility index (Phi) is 2.72. The van der Waals surface area contributed by atoms with Gasteiger partial charge in [-0.3, -0.25) is 4.99 Å².